The second-order valence-electron chi connectivity index (χ2n) is 6.69. The highest BCUT2D eigenvalue weighted by molar-refractivity contribution is 14.1. The topological polar surface area (TPSA) is 100 Å². The highest BCUT2D eigenvalue weighted by atomic mass is 127. The molecule has 0 aliphatic carbocycles. The van der Waals surface area contributed by atoms with E-state index in [4.69, 9.17) is 25.8 Å². The van der Waals surface area contributed by atoms with Crippen LogP contribution in [0.4, 0.5) is 5.69 Å². The average molecular weight is 557 g/mol. The van der Waals surface area contributed by atoms with Crippen LogP contribution in [0.2, 0.25) is 5.02 Å². The van der Waals surface area contributed by atoms with Crippen molar-refractivity contribution in [1.82, 2.24) is 0 Å². The first kappa shape index (κ1) is 23.0. The quantitative estimate of drug-likeness (QED) is 0.149. The number of aliphatic imine (C=N–C) groups is 1. The Balaban J connectivity index is 1.98. The summed E-state index contributed by atoms with van der Waals surface area (Å²) in [4.78, 5) is 27.0. The van der Waals surface area contributed by atoms with Crippen molar-refractivity contribution in [2.45, 2.75) is 26.9 Å². The van der Waals surface area contributed by atoms with Gasteiger partial charge < -0.3 is 14.2 Å². The number of rotatable bonds is 7. The molecule has 1 aliphatic heterocycles. The molecule has 3 rings (SSSR count). The summed E-state index contributed by atoms with van der Waals surface area (Å²) in [5.74, 6) is 0.490. The third-order valence-electron chi connectivity index (χ3n) is 4.00. The molecule has 10 heteroatoms. The first-order chi connectivity index (χ1) is 14.7. The fourth-order valence-electron chi connectivity index (χ4n) is 2.76. The lowest BCUT2D eigenvalue weighted by Crippen LogP contribution is -2.09. The maximum absolute atomic E-state index is 12.3. The summed E-state index contributed by atoms with van der Waals surface area (Å²) in [6.45, 7) is 6.17. The fraction of sp³-hybridized carbons (Fsp3) is 0.238. The maximum atomic E-state index is 12.3. The second-order valence-corrected chi connectivity index (χ2v) is 8.26. The van der Waals surface area contributed by atoms with Gasteiger partial charge in [-0.1, -0.05) is 11.6 Å². The Bertz CT molecular complexity index is 1110. The lowest BCUT2D eigenvalue weighted by atomic mass is 10.1. The molecule has 0 saturated heterocycles. The molecule has 31 heavy (non-hydrogen) atoms. The molecule has 0 atom stereocenters. The van der Waals surface area contributed by atoms with Crippen LogP contribution in [0.15, 0.2) is 41.0 Å². The number of esters is 1. The zero-order valence-electron chi connectivity index (χ0n) is 16.8. The van der Waals surface area contributed by atoms with Crippen molar-refractivity contribution < 1.29 is 23.9 Å². The van der Waals surface area contributed by atoms with E-state index >= 15 is 0 Å². The molecule has 0 saturated carbocycles. The SMILES string of the molecule is CCOc1cc(/C=C2\N=C(c3ccc(Cl)c([N+](=O)[O-])c3)OC2=O)cc(I)c1OC(C)C. The number of hydrogen-bond acceptors (Lipinski definition) is 7. The summed E-state index contributed by atoms with van der Waals surface area (Å²) in [5.41, 5.74) is 0.705. The van der Waals surface area contributed by atoms with Crippen LogP contribution >= 0.6 is 34.2 Å². The van der Waals surface area contributed by atoms with E-state index in [0.29, 0.717) is 23.7 Å². The van der Waals surface area contributed by atoms with Crippen molar-refractivity contribution in [3.8, 4) is 11.5 Å². The Hall–Kier alpha value is -2.66. The minimum absolute atomic E-state index is 0.0174. The van der Waals surface area contributed by atoms with Crippen molar-refractivity contribution in [3.05, 3.63) is 65.9 Å². The van der Waals surface area contributed by atoms with E-state index in [1.165, 1.54) is 18.2 Å². The first-order valence-corrected chi connectivity index (χ1v) is 10.7. The highest BCUT2D eigenvalue weighted by Gasteiger charge is 2.26. The summed E-state index contributed by atoms with van der Waals surface area (Å²) in [6, 6.07) is 7.66. The van der Waals surface area contributed by atoms with E-state index in [0.717, 1.165) is 3.57 Å². The monoisotopic (exact) mass is 556 g/mol. The van der Waals surface area contributed by atoms with Gasteiger partial charge in [0.2, 0.25) is 5.90 Å². The molecule has 2 aromatic carbocycles. The second kappa shape index (κ2) is 9.65. The molecule has 162 valence electrons. The van der Waals surface area contributed by atoms with Gasteiger partial charge in [0.1, 0.15) is 5.02 Å². The van der Waals surface area contributed by atoms with Crippen LogP contribution in [-0.4, -0.2) is 29.5 Å². The highest BCUT2D eigenvalue weighted by Crippen LogP contribution is 2.36. The number of carbonyl (C=O) groups excluding carboxylic acids is 1. The molecule has 0 spiro atoms. The van der Waals surface area contributed by atoms with Crippen molar-refractivity contribution in [1.29, 1.82) is 0 Å². The Morgan fingerprint density at radius 3 is 2.71 bits per heavy atom. The first-order valence-electron chi connectivity index (χ1n) is 9.29. The van der Waals surface area contributed by atoms with E-state index in [-0.39, 0.29) is 34.0 Å². The molecule has 0 unspecified atom stereocenters. The van der Waals surface area contributed by atoms with Crippen molar-refractivity contribution in [2.24, 2.45) is 4.99 Å². The molecule has 0 bridgehead atoms. The van der Waals surface area contributed by atoms with E-state index in [1.54, 1.807) is 12.1 Å². The van der Waals surface area contributed by atoms with Gasteiger partial charge in [0, 0.05) is 11.6 Å². The molecular formula is C21H18ClIN2O6. The molecule has 2 aromatic rings. The third kappa shape index (κ3) is 5.34. The molecule has 0 fully saturated rings. The minimum atomic E-state index is -0.664. The van der Waals surface area contributed by atoms with Crippen LogP contribution in [0.3, 0.4) is 0 Å². The molecule has 8 nitrogen and oxygen atoms in total. The van der Waals surface area contributed by atoms with Gasteiger partial charge >= 0.3 is 5.97 Å². The Morgan fingerprint density at radius 1 is 1.32 bits per heavy atom. The van der Waals surface area contributed by atoms with Gasteiger partial charge in [-0.3, -0.25) is 10.1 Å². The lowest BCUT2D eigenvalue weighted by Gasteiger charge is -2.16. The molecule has 0 amide bonds. The van der Waals surface area contributed by atoms with Crippen LogP contribution in [-0.2, 0) is 9.53 Å². The van der Waals surface area contributed by atoms with Gasteiger partial charge in [0.05, 0.1) is 21.2 Å². The number of hydrogen-bond donors (Lipinski definition) is 0. The summed E-state index contributed by atoms with van der Waals surface area (Å²) in [7, 11) is 0. The lowest BCUT2D eigenvalue weighted by molar-refractivity contribution is -0.384. The predicted octanol–water partition coefficient (Wildman–Crippen LogP) is 5.38. The van der Waals surface area contributed by atoms with Crippen LogP contribution < -0.4 is 9.47 Å². The summed E-state index contributed by atoms with van der Waals surface area (Å²) < 4.78 is 17.6. The van der Waals surface area contributed by atoms with Gasteiger partial charge in [0.25, 0.3) is 5.69 Å². The van der Waals surface area contributed by atoms with E-state index in [1.807, 2.05) is 26.8 Å². The maximum Gasteiger partial charge on any atom is 0.363 e. The van der Waals surface area contributed by atoms with Crippen molar-refractivity contribution >= 4 is 57.8 Å². The normalized spacial score (nSPS) is 14.6. The number of halogens is 2. The van der Waals surface area contributed by atoms with Crippen LogP contribution in [0.5, 0.6) is 11.5 Å². The summed E-state index contributed by atoms with van der Waals surface area (Å²) in [5, 5.41) is 11.1. The molecule has 1 aliphatic rings. The molecule has 0 N–H and O–H groups in total. The van der Waals surface area contributed by atoms with Crippen LogP contribution in [0, 0.1) is 13.7 Å². The number of benzene rings is 2. The van der Waals surface area contributed by atoms with Gasteiger partial charge in [-0.15, -0.1) is 0 Å². The standard InChI is InChI=1S/C21H18ClIN2O6/c1-4-29-18-9-12(7-15(23)19(18)30-11(2)3)8-16-21(26)31-20(24-16)13-5-6-14(22)17(10-13)25(27)28/h5-11H,4H2,1-3H3/b16-8-. The van der Waals surface area contributed by atoms with Gasteiger partial charge in [-0.2, -0.15) is 0 Å². The zero-order valence-corrected chi connectivity index (χ0v) is 19.8. The largest absolute Gasteiger partial charge is 0.490 e. The van der Waals surface area contributed by atoms with Gasteiger partial charge in [-0.05, 0) is 79.3 Å². The average Bonchev–Trinajstić information content (AvgIpc) is 3.05. The van der Waals surface area contributed by atoms with E-state index in [9.17, 15) is 14.9 Å². The number of carbonyl (C=O) groups is 1. The van der Waals surface area contributed by atoms with Crippen LogP contribution in [0.1, 0.15) is 31.9 Å². The van der Waals surface area contributed by atoms with Gasteiger partial charge in [0.15, 0.2) is 17.2 Å². The Kier molecular flexibility index (Phi) is 7.16. The summed E-state index contributed by atoms with van der Waals surface area (Å²) in [6.07, 6.45) is 1.53. The predicted molar refractivity (Wildman–Crippen MR) is 125 cm³/mol. The third-order valence-corrected chi connectivity index (χ3v) is 5.12. The number of ether oxygens (including phenoxy) is 3. The Labute approximate surface area is 197 Å². The number of nitro groups is 1. The number of nitro benzene ring substituents is 1. The zero-order chi connectivity index (χ0) is 22.7. The minimum Gasteiger partial charge on any atom is -0.490 e. The van der Waals surface area contributed by atoms with E-state index in [2.05, 4.69) is 27.6 Å². The van der Waals surface area contributed by atoms with Crippen molar-refractivity contribution in [2.75, 3.05) is 6.61 Å². The van der Waals surface area contributed by atoms with E-state index < -0.39 is 10.9 Å². The number of nitrogens with zero attached hydrogens (tertiary/aromatic N) is 2. The molecule has 0 radical (unpaired) electrons. The smallest absolute Gasteiger partial charge is 0.363 e. The molecule has 0 aromatic heterocycles. The Morgan fingerprint density at radius 2 is 2.06 bits per heavy atom. The molecular weight excluding hydrogens is 539 g/mol. The van der Waals surface area contributed by atoms with Crippen LogP contribution in [0.25, 0.3) is 6.08 Å². The van der Waals surface area contributed by atoms with Crippen molar-refractivity contribution in [3.63, 3.8) is 0 Å². The van der Waals surface area contributed by atoms with Gasteiger partial charge in [-0.25, -0.2) is 9.79 Å². The summed E-state index contributed by atoms with van der Waals surface area (Å²) >= 11 is 7.98. The number of cyclic esters (lactones) is 1. The molecule has 1 heterocycles. The fourth-order valence-corrected chi connectivity index (χ4v) is 3.70.